The number of aromatic nitrogens is 3. The van der Waals surface area contributed by atoms with E-state index in [4.69, 9.17) is 32.7 Å². The molecule has 2 heterocycles. The molecule has 0 aliphatic carbocycles. The van der Waals surface area contributed by atoms with Crippen LogP contribution in [0.3, 0.4) is 0 Å². The Morgan fingerprint density at radius 2 is 1.97 bits per heavy atom. The average Bonchev–Trinajstić information content (AvgIpc) is 3.52. The van der Waals surface area contributed by atoms with Gasteiger partial charge in [0.2, 0.25) is 5.91 Å². The number of carbonyl (C=O) groups excluding carboxylic acids is 2. The van der Waals surface area contributed by atoms with E-state index in [1.54, 1.807) is 35.8 Å². The van der Waals surface area contributed by atoms with Gasteiger partial charge in [-0.3, -0.25) is 9.36 Å². The summed E-state index contributed by atoms with van der Waals surface area (Å²) in [6.07, 6.45) is 1.70. The Labute approximate surface area is 243 Å². The maximum atomic E-state index is 12.9. The van der Waals surface area contributed by atoms with Crippen molar-refractivity contribution in [3.05, 3.63) is 88.0 Å². The van der Waals surface area contributed by atoms with Crippen molar-refractivity contribution in [3.8, 4) is 16.9 Å². The quantitative estimate of drug-likeness (QED) is 0.106. The van der Waals surface area contributed by atoms with Gasteiger partial charge < -0.3 is 14.8 Å². The van der Waals surface area contributed by atoms with Gasteiger partial charge in [-0.25, -0.2) is 4.79 Å². The highest BCUT2D eigenvalue weighted by molar-refractivity contribution is 7.99. The Balaban J connectivity index is 1.45. The van der Waals surface area contributed by atoms with E-state index >= 15 is 0 Å². The lowest BCUT2D eigenvalue weighted by molar-refractivity contribution is -0.113. The number of hydrogen-bond acceptors (Lipinski definition) is 8. The number of amides is 1. The molecular formula is C27H24Cl2N4O4S2. The van der Waals surface area contributed by atoms with Crippen LogP contribution in [0.1, 0.15) is 23.1 Å². The third-order valence-corrected chi connectivity index (χ3v) is 7.69. The third-order valence-electron chi connectivity index (χ3n) is 5.30. The molecule has 0 saturated carbocycles. The minimum atomic E-state index is -0.489. The van der Waals surface area contributed by atoms with E-state index < -0.39 is 5.97 Å². The van der Waals surface area contributed by atoms with Crippen molar-refractivity contribution in [2.24, 2.45) is 0 Å². The molecule has 0 fully saturated rings. The number of esters is 1. The van der Waals surface area contributed by atoms with Gasteiger partial charge in [-0.2, -0.15) is 0 Å². The third kappa shape index (κ3) is 7.21. The molecule has 8 nitrogen and oxygen atoms in total. The van der Waals surface area contributed by atoms with E-state index in [1.807, 2.05) is 35.7 Å². The van der Waals surface area contributed by atoms with E-state index in [0.29, 0.717) is 49.4 Å². The first-order valence-electron chi connectivity index (χ1n) is 11.8. The molecule has 0 aliphatic heterocycles. The summed E-state index contributed by atoms with van der Waals surface area (Å²) in [5.41, 5.74) is 1.90. The minimum absolute atomic E-state index is 0.0416. The largest absolute Gasteiger partial charge is 0.484 e. The number of allylic oxidation sites excluding steroid dienone is 1. The van der Waals surface area contributed by atoms with E-state index in [-0.39, 0.29) is 24.9 Å². The second-order valence-corrected chi connectivity index (χ2v) is 10.6. The van der Waals surface area contributed by atoms with Crippen LogP contribution in [0.5, 0.6) is 5.75 Å². The Kier molecular flexibility index (Phi) is 10.0. The number of thiophene rings is 1. The van der Waals surface area contributed by atoms with Gasteiger partial charge in [0.25, 0.3) is 0 Å². The van der Waals surface area contributed by atoms with Crippen LogP contribution in [0.15, 0.2) is 71.7 Å². The summed E-state index contributed by atoms with van der Waals surface area (Å²) in [5, 5.41) is 15.0. The van der Waals surface area contributed by atoms with Gasteiger partial charge in [-0.05, 0) is 30.7 Å². The van der Waals surface area contributed by atoms with Gasteiger partial charge in [-0.15, -0.1) is 28.1 Å². The molecule has 12 heteroatoms. The fourth-order valence-electron chi connectivity index (χ4n) is 3.56. The maximum Gasteiger partial charge on any atom is 0.341 e. The summed E-state index contributed by atoms with van der Waals surface area (Å²) in [6, 6.07) is 14.4. The van der Waals surface area contributed by atoms with Crippen molar-refractivity contribution in [1.82, 2.24) is 14.8 Å². The lowest BCUT2D eigenvalue weighted by Crippen LogP contribution is -2.17. The molecule has 0 unspecified atom stereocenters. The number of ether oxygens (including phenoxy) is 2. The summed E-state index contributed by atoms with van der Waals surface area (Å²) in [5.74, 6) is 0.257. The molecular weight excluding hydrogens is 579 g/mol. The first kappa shape index (κ1) is 28.7. The Bertz CT molecular complexity index is 1470. The monoisotopic (exact) mass is 602 g/mol. The predicted octanol–water partition coefficient (Wildman–Crippen LogP) is 6.99. The van der Waals surface area contributed by atoms with Gasteiger partial charge in [0.15, 0.2) is 11.0 Å². The number of halogens is 2. The summed E-state index contributed by atoms with van der Waals surface area (Å²) >= 11 is 14.6. The molecule has 4 aromatic rings. The van der Waals surface area contributed by atoms with Crippen molar-refractivity contribution in [2.45, 2.75) is 25.2 Å². The number of rotatable bonds is 12. The normalized spacial score (nSPS) is 10.7. The molecule has 202 valence electrons. The molecule has 39 heavy (non-hydrogen) atoms. The molecule has 2 aromatic carbocycles. The van der Waals surface area contributed by atoms with Crippen molar-refractivity contribution in [2.75, 3.05) is 17.7 Å². The first-order valence-corrected chi connectivity index (χ1v) is 14.4. The average molecular weight is 604 g/mol. The zero-order chi connectivity index (χ0) is 27.8. The second-order valence-electron chi connectivity index (χ2n) is 7.94. The second kappa shape index (κ2) is 13.7. The van der Waals surface area contributed by atoms with E-state index in [0.717, 1.165) is 5.56 Å². The van der Waals surface area contributed by atoms with Gasteiger partial charge in [0.05, 0.1) is 17.4 Å². The lowest BCUT2D eigenvalue weighted by atomic mass is 10.0. The van der Waals surface area contributed by atoms with Crippen molar-refractivity contribution in [3.63, 3.8) is 0 Å². The van der Waals surface area contributed by atoms with Crippen LogP contribution < -0.4 is 10.1 Å². The number of benzene rings is 2. The van der Waals surface area contributed by atoms with Gasteiger partial charge in [0.1, 0.15) is 22.9 Å². The summed E-state index contributed by atoms with van der Waals surface area (Å²) in [7, 11) is 0. The number of carbonyl (C=O) groups is 2. The minimum Gasteiger partial charge on any atom is -0.484 e. The van der Waals surface area contributed by atoms with Crippen LogP contribution in [0.2, 0.25) is 10.0 Å². The highest BCUT2D eigenvalue weighted by Crippen LogP contribution is 2.36. The van der Waals surface area contributed by atoms with E-state index in [9.17, 15) is 9.59 Å². The highest BCUT2D eigenvalue weighted by atomic mass is 35.5. The molecule has 0 aliphatic rings. The lowest BCUT2D eigenvalue weighted by Gasteiger charge is -2.11. The standard InChI is InChI=1S/C27H24Cl2N4O4S2/c1-3-12-33-22(14-37-21-11-10-18(28)13-20(21)29)31-32-27(33)39-16-23(34)30-25-24(26(35)36-4-2)19(15-38-25)17-8-6-5-7-9-17/h3,5-11,13,15H,1,4,12,14,16H2,2H3,(H,30,34). The molecule has 0 spiro atoms. The van der Waals surface area contributed by atoms with Gasteiger partial charge in [-0.1, -0.05) is 71.4 Å². The number of hydrogen-bond donors (Lipinski definition) is 1. The van der Waals surface area contributed by atoms with Crippen LogP contribution in [0.25, 0.3) is 11.1 Å². The topological polar surface area (TPSA) is 95.3 Å². The number of thioether (sulfide) groups is 1. The first-order chi connectivity index (χ1) is 18.9. The number of nitrogens with zero attached hydrogens (tertiary/aromatic N) is 3. The molecule has 0 radical (unpaired) electrons. The Morgan fingerprint density at radius 3 is 2.69 bits per heavy atom. The molecule has 1 amide bonds. The van der Waals surface area contributed by atoms with Crippen molar-refractivity contribution >= 4 is 63.2 Å². The Morgan fingerprint density at radius 1 is 1.18 bits per heavy atom. The smallest absolute Gasteiger partial charge is 0.341 e. The van der Waals surface area contributed by atoms with Crippen LogP contribution >= 0.6 is 46.3 Å². The molecule has 1 N–H and O–H groups in total. The number of anilines is 1. The predicted molar refractivity (Wildman–Crippen MR) is 156 cm³/mol. The molecule has 0 atom stereocenters. The zero-order valence-corrected chi connectivity index (χ0v) is 24.0. The highest BCUT2D eigenvalue weighted by Gasteiger charge is 2.23. The summed E-state index contributed by atoms with van der Waals surface area (Å²) in [4.78, 5) is 25.7. The van der Waals surface area contributed by atoms with Gasteiger partial charge >= 0.3 is 5.97 Å². The fraction of sp³-hybridized carbons (Fsp3) is 0.185. The van der Waals surface area contributed by atoms with Crippen molar-refractivity contribution in [1.29, 1.82) is 0 Å². The van der Waals surface area contributed by atoms with Crippen LogP contribution in [0, 0.1) is 0 Å². The maximum absolute atomic E-state index is 12.9. The number of nitrogens with one attached hydrogen (secondary N) is 1. The SMILES string of the molecule is C=CCn1c(COc2ccc(Cl)cc2Cl)nnc1SCC(=O)Nc1scc(-c2ccccc2)c1C(=O)OCC. The molecule has 4 rings (SSSR count). The van der Waals surface area contributed by atoms with Gasteiger partial charge in [0, 0.05) is 22.5 Å². The molecule has 0 saturated heterocycles. The van der Waals surface area contributed by atoms with Crippen LogP contribution in [0.4, 0.5) is 5.00 Å². The summed E-state index contributed by atoms with van der Waals surface area (Å²) < 4.78 is 12.9. The summed E-state index contributed by atoms with van der Waals surface area (Å²) in [6.45, 7) is 6.28. The van der Waals surface area contributed by atoms with E-state index in [2.05, 4.69) is 22.1 Å². The van der Waals surface area contributed by atoms with Crippen LogP contribution in [-0.4, -0.2) is 39.0 Å². The van der Waals surface area contributed by atoms with Crippen LogP contribution in [-0.2, 0) is 22.7 Å². The van der Waals surface area contributed by atoms with E-state index in [1.165, 1.54) is 23.1 Å². The Hall–Kier alpha value is -3.31. The molecule has 0 bridgehead atoms. The fourth-order valence-corrected chi connectivity index (χ4v) is 5.76. The molecule has 2 aromatic heterocycles. The zero-order valence-electron chi connectivity index (χ0n) is 20.9. The van der Waals surface area contributed by atoms with Crippen molar-refractivity contribution < 1.29 is 19.1 Å².